The normalized spacial score (nSPS) is 13.9. The van der Waals surface area contributed by atoms with E-state index in [1.807, 2.05) is 18.2 Å². The summed E-state index contributed by atoms with van der Waals surface area (Å²) in [6.07, 6.45) is 0.642. The number of amides is 2. The first kappa shape index (κ1) is 20.9. The molecule has 166 valence electrons. The molecular formula is C27H25N3O3. The Hall–Kier alpha value is -3.93. The van der Waals surface area contributed by atoms with Gasteiger partial charge < -0.3 is 9.40 Å². The van der Waals surface area contributed by atoms with E-state index in [2.05, 4.69) is 41.8 Å². The Labute approximate surface area is 191 Å². The summed E-state index contributed by atoms with van der Waals surface area (Å²) in [5.41, 5.74) is 5.47. The minimum atomic E-state index is -0.211. The van der Waals surface area contributed by atoms with Gasteiger partial charge in [0.2, 0.25) is 0 Å². The summed E-state index contributed by atoms with van der Waals surface area (Å²) in [5.74, 6) is -0.423. The fourth-order valence-corrected chi connectivity index (χ4v) is 4.77. The Kier molecular flexibility index (Phi) is 5.21. The molecular weight excluding hydrogens is 414 g/mol. The predicted octanol–water partition coefficient (Wildman–Crippen LogP) is 4.56. The molecule has 1 aromatic heterocycles. The van der Waals surface area contributed by atoms with Gasteiger partial charge in [-0.05, 0) is 49.6 Å². The van der Waals surface area contributed by atoms with E-state index in [1.165, 1.54) is 16.0 Å². The van der Waals surface area contributed by atoms with Gasteiger partial charge in [-0.3, -0.25) is 14.5 Å². The standard InChI is InChI=1S/C27H25N3O3/c1-17-13-14-22-24(28-33-3)21-11-6-7-12-23(21)29(25(22)18(17)2)15-8-16-30-26(31)19-9-4-5-10-20(19)27(30)32/h4-7,9-14H,8,15-16H2,1-3H3/b28-24+. The minimum Gasteiger partial charge on any atom is -0.399 e. The fraction of sp³-hybridized carbons (Fsp3) is 0.222. The summed E-state index contributed by atoms with van der Waals surface area (Å²) < 4.78 is 2.28. The average molecular weight is 440 g/mol. The van der Waals surface area contributed by atoms with Crippen molar-refractivity contribution in [2.75, 3.05) is 13.7 Å². The van der Waals surface area contributed by atoms with Crippen LogP contribution in [0.15, 0.2) is 65.8 Å². The number of carbonyl (C=O) groups excluding carboxylic acids is 2. The zero-order valence-electron chi connectivity index (χ0n) is 19.0. The number of para-hydroxylation sites is 1. The van der Waals surface area contributed by atoms with Crippen molar-refractivity contribution < 1.29 is 14.4 Å². The van der Waals surface area contributed by atoms with Gasteiger partial charge in [-0.1, -0.05) is 47.6 Å². The van der Waals surface area contributed by atoms with Crippen LogP contribution in [0, 0.1) is 13.8 Å². The number of fused-ring (bicyclic) bond motifs is 3. The third-order valence-electron chi connectivity index (χ3n) is 6.50. The van der Waals surface area contributed by atoms with Crippen LogP contribution < -0.4 is 5.36 Å². The highest BCUT2D eigenvalue weighted by molar-refractivity contribution is 6.21. The number of aryl methyl sites for hydroxylation is 3. The van der Waals surface area contributed by atoms with Gasteiger partial charge in [0.05, 0.1) is 22.2 Å². The maximum Gasteiger partial charge on any atom is 0.261 e. The molecule has 0 spiro atoms. The number of imide groups is 1. The maximum absolute atomic E-state index is 12.8. The van der Waals surface area contributed by atoms with E-state index < -0.39 is 0 Å². The summed E-state index contributed by atoms with van der Waals surface area (Å²) >= 11 is 0. The second kappa shape index (κ2) is 8.20. The molecule has 1 aliphatic rings. The van der Waals surface area contributed by atoms with E-state index in [4.69, 9.17) is 4.84 Å². The quantitative estimate of drug-likeness (QED) is 0.260. The van der Waals surface area contributed by atoms with Crippen molar-refractivity contribution in [3.63, 3.8) is 0 Å². The van der Waals surface area contributed by atoms with Gasteiger partial charge in [0.15, 0.2) is 0 Å². The fourth-order valence-electron chi connectivity index (χ4n) is 4.77. The van der Waals surface area contributed by atoms with Crippen LogP contribution in [-0.4, -0.2) is 34.9 Å². The Morgan fingerprint density at radius 1 is 0.818 bits per heavy atom. The topological polar surface area (TPSA) is 63.9 Å². The Bertz CT molecular complexity index is 1470. The molecule has 2 heterocycles. The number of rotatable bonds is 5. The van der Waals surface area contributed by atoms with Crippen LogP contribution >= 0.6 is 0 Å². The molecule has 4 aromatic rings. The van der Waals surface area contributed by atoms with Crippen molar-refractivity contribution in [1.29, 1.82) is 0 Å². The van der Waals surface area contributed by atoms with Crippen molar-refractivity contribution in [1.82, 2.24) is 9.47 Å². The van der Waals surface area contributed by atoms with Gasteiger partial charge in [0.25, 0.3) is 11.8 Å². The summed E-state index contributed by atoms with van der Waals surface area (Å²) in [4.78, 5) is 32.1. The van der Waals surface area contributed by atoms with Crippen LogP contribution in [-0.2, 0) is 11.4 Å². The number of hydrogen-bond acceptors (Lipinski definition) is 4. The lowest BCUT2D eigenvalue weighted by Gasteiger charge is -2.20. The highest BCUT2D eigenvalue weighted by Gasteiger charge is 2.34. The molecule has 6 heteroatoms. The van der Waals surface area contributed by atoms with Crippen LogP contribution in [0.4, 0.5) is 0 Å². The zero-order chi connectivity index (χ0) is 23.1. The molecule has 2 amide bonds. The van der Waals surface area contributed by atoms with Gasteiger partial charge in [-0.25, -0.2) is 0 Å². The van der Waals surface area contributed by atoms with Crippen LogP contribution in [0.3, 0.4) is 0 Å². The molecule has 0 atom stereocenters. The van der Waals surface area contributed by atoms with E-state index in [1.54, 1.807) is 31.4 Å². The van der Waals surface area contributed by atoms with Crippen LogP contribution in [0.25, 0.3) is 21.8 Å². The largest absolute Gasteiger partial charge is 0.399 e. The third-order valence-corrected chi connectivity index (χ3v) is 6.50. The van der Waals surface area contributed by atoms with Crippen LogP contribution in [0.1, 0.15) is 38.3 Å². The van der Waals surface area contributed by atoms with Crippen molar-refractivity contribution in [2.24, 2.45) is 5.16 Å². The summed E-state index contributed by atoms with van der Waals surface area (Å²) in [6.45, 7) is 5.23. The average Bonchev–Trinajstić information content (AvgIpc) is 3.08. The highest BCUT2D eigenvalue weighted by Crippen LogP contribution is 2.26. The molecule has 0 saturated heterocycles. The number of pyridine rings is 1. The monoisotopic (exact) mass is 439 g/mol. The van der Waals surface area contributed by atoms with Gasteiger partial charge in [-0.15, -0.1) is 0 Å². The zero-order valence-corrected chi connectivity index (χ0v) is 19.0. The Morgan fingerprint density at radius 3 is 2.18 bits per heavy atom. The Balaban J connectivity index is 1.57. The molecule has 0 aliphatic carbocycles. The first-order valence-corrected chi connectivity index (χ1v) is 11.1. The van der Waals surface area contributed by atoms with Crippen molar-refractivity contribution >= 4 is 33.6 Å². The van der Waals surface area contributed by atoms with E-state index in [0.29, 0.717) is 30.6 Å². The minimum absolute atomic E-state index is 0.211. The first-order chi connectivity index (χ1) is 16.0. The molecule has 33 heavy (non-hydrogen) atoms. The SMILES string of the molecule is CO/N=c1\c2ccccc2n(CCCN2C(=O)c3ccccc3C2=O)c2c(C)c(C)ccc12. The van der Waals surface area contributed by atoms with E-state index in [0.717, 1.165) is 27.2 Å². The number of hydrogen-bond donors (Lipinski definition) is 0. The summed E-state index contributed by atoms with van der Waals surface area (Å²) in [5, 5.41) is 7.17. The lowest BCUT2D eigenvalue weighted by Crippen LogP contribution is -2.31. The molecule has 1 aliphatic heterocycles. The van der Waals surface area contributed by atoms with Crippen molar-refractivity contribution in [2.45, 2.75) is 26.8 Å². The van der Waals surface area contributed by atoms with Crippen LogP contribution in [0.2, 0.25) is 0 Å². The molecule has 0 fully saturated rings. The van der Waals surface area contributed by atoms with Gasteiger partial charge in [0, 0.05) is 23.9 Å². The predicted molar refractivity (Wildman–Crippen MR) is 128 cm³/mol. The van der Waals surface area contributed by atoms with Crippen molar-refractivity contribution in [3.8, 4) is 0 Å². The summed E-state index contributed by atoms with van der Waals surface area (Å²) in [6, 6.07) is 19.3. The van der Waals surface area contributed by atoms with Gasteiger partial charge in [0.1, 0.15) is 12.5 Å². The van der Waals surface area contributed by atoms with Gasteiger partial charge >= 0.3 is 0 Å². The second-order valence-corrected chi connectivity index (χ2v) is 8.36. The Morgan fingerprint density at radius 2 is 1.48 bits per heavy atom. The number of nitrogens with zero attached hydrogens (tertiary/aromatic N) is 3. The van der Waals surface area contributed by atoms with Gasteiger partial charge in [-0.2, -0.15) is 0 Å². The highest BCUT2D eigenvalue weighted by atomic mass is 16.6. The van der Waals surface area contributed by atoms with E-state index in [9.17, 15) is 9.59 Å². The van der Waals surface area contributed by atoms with E-state index >= 15 is 0 Å². The molecule has 0 bridgehead atoms. The molecule has 0 unspecified atom stereocenters. The summed E-state index contributed by atoms with van der Waals surface area (Å²) in [7, 11) is 1.56. The first-order valence-electron chi connectivity index (χ1n) is 11.1. The lowest BCUT2D eigenvalue weighted by atomic mass is 10.0. The number of aromatic nitrogens is 1. The molecule has 3 aromatic carbocycles. The second-order valence-electron chi connectivity index (χ2n) is 8.36. The van der Waals surface area contributed by atoms with Crippen molar-refractivity contribution in [3.05, 3.63) is 88.3 Å². The molecule has 6 nitrogen and oxygen atoms in total. The molecule has 0 saturated carbocycles. The molecule has 5 rings (SSSR count). The molecule has 0 radical (unpaired) electrons. The number of benzene rings is 3. The van der Waals surface area contributed by atoms with Crippen LogP contribution in [0.5, 0.6) is 0 Å². The number of carbonyl (C=O) groups is 2. The smallest absolute Gasteiger partial charge is 0.261 e. The molecule has 0 N–H and O–H groups in total. The maximum atomic E-state index is 12.8. The van der Waals surface area contributed by atoms with E-state index in [-0.39, 0.29) is 11.8 Å². The lowest BCUT2D eigenvalue weighted by molar-refractivity contribution is 0.0651. The third kappa shape index (κ3) is 3.30.